The van der Waals surface area contributed by atoms with Crippen molar-refractivity contribution in [1.29, 1.82) is 0 Å². The molecule has 2 unspecified atom stereocenters. The number of aliphatic imine (C=N–C) groups is 4. The van der Waals surface area contributed by atoms with Gasteiger partial charge in [0.15, 0.2) is 23.0 Å². The molecule has 22 nitrogen and oxygen atoms in total. The first-order valence-corrected chi connectivity index (χ1v) is 36.1. The molecule has 8 aliphatic rings. The Hall–Kier alpha value is -12.7. The number of amides is 4. The van der Waals surface area contributed by atoms with Crippen molar-refractivity contribution in [3.63, 3.8) is 0 Å². The van der Waals surface area contributed by atoms with Crippen molar-refractivity contribution in [3.8, 4) is 46.0 Å². The van der Waals surface area contributed by atoms with E-state index in [0.717, 1.165) is 78.5 Å². The van der Waals surface area contributed by atoms with Crippen LogP contribution in [-0.4, -0.2) is 161 Å². The highest BCUT2D eigenvalue weighted by molar-refractivity contribution is 6.09. The molecule has 0 aliphatic carbocycles. The average molecular weight is 1450 g/mol. The van der Waals surface area contributed by atoms with Crippen molar-refractivity contribution >= 4 is 105 Å². The molecule has 8 aliphatic heterocycles. The van der Waals surface area contributed by atoms with Gasteiger partial charge in [-0.3, -0.25) is 39.1 Å². The third-order valence-electron chi connectivity index (χ3n) is 20.5. The number of nitrogens with one attached hydrogen (secondary N) is 2. The summed E-state index contributed by atoms with van der Waals surface area (Å²) < 4.78 is 46.5. The number of carbonyl (C=O) groups excluding carboxylic acids is 4. The number of methoxy groups -OCH3 is 4. The molecule has 0 bridgehead atoms. The first-order chi connectivity index (χ1) is 52.7. The van der Waals surface area contributed by atoms with Gasteiger partial charge in [0.05, 0.1) is 124 Å². The molecule has 548 valence electrons. The monoisotopic (exact) mass is 1450 g/mol. The van der Waals surface area contributed by atoms with Crippen molar-refractivity contribution in [2.75, 3.05) is 79.6 Å². The predicted octanol–water partition coefficient (Wildman–Crippen LogP) is 15.7. The van der Waals surface area contributed by atoms with Gasteiger partial charge in [0.1, 0.15) is 23.0 Å². The molecule has 0 fully saturated rings. The number of anilines is 2. The maximum atomic E-state index is 13.7. The molecule has 108 heavy (non-hydrogen) atoms. The van der Waals surface area contributed by atoms with Gasteiger partial charge in [-0.2, -0.15) is 0 Å². The Morgan fingerprint density at radius 1 is 0.343 bits per heavy atom. The van der Waals surface area contributed by atoms with E-state index in [1.807, 2.05) is 175 Å². The van der Waals surface area contributed by atoms with Gasteiger partial charge >= 0.3 is 0 Å². The van der Waals surface area contributed by atoms with E-state index >= 15 is 0 Å². The van der Waals surface area contributed by atoms with Crippen LogP contribution in [0.1, 0.15) is 113 Å². The number of rotatable bonds is 22. The smallest absolute Gasteiger partial charge is 0.260 e. The summed E-state index contributed by atoms with van der Waals surface area (Å²) in [5, 5.41) is 6.27. The number of aryl methyl sites for hydroxylation is 2. The lowest BCUT2D eigenvalue weighted by molar-refractivity contribution is 0.0809. The molecule has 16 rings (SSSR count). The summed E-state index contributed by atoms with van der Waals surface area (Å²) in [5.41, 5.74) is 16.6. The lowest BCUT2D eigenvalue weighted by Gasteiger charge is -2.19. The van der Waals surface area contributed by atoms with Crippen LogP contribution >= 0.6 is 0 Å². The largest absolute Gasteiger partial charge is 0.497 e. The number of benzene rings is 8. The first kappa shape index (κ1) is 70.9. The van der Waals surface area contributed by atoms with Crippen molar-refractivity contribution in [2.45, 2.75) is 76.5 Å². The Morgan fingerprint density at radius 3 is 0.889 bits per heavy atom. The molecule has 2 N–H and O–H groups in total. The van der Waals surface area contributed by atoms with Gasteiger partial charge in [0, 0.05) is 138 Å². The van der Waals surface area contributed by atoms with Gasteiger partial charge < -0.3 is 68.1 Å². The lowest BCUT2D eigenvalue weighted by Crippen LogP contribution is -2.32. The van der Waals surface area contributed by atoms with Crippen LogP contribution in [0.3, 0.4) is 0 Å². The Bertz CT molecular complexity index is 4800. The highest BCUT2D eigenvalue weighted by Gasteiger charge is 2.38. The van der Waals surface area contributed by atoms with Crippen LogP contribution < -0.4 is 48.5 Å². The fourth-order valence-corrected chi connectivity index (χ4v) is 14.5. The Kier molecular flexibility index (Phi) is 20.2. The van der Waals surface area contributed by atoms with Gasteiger partial charge in [-0.05, 0) is 142 Å². The highest BCUT2D eigenvalue weighted by atomic mass is 16.5. The SMILES string of the molecule is CNc1ccc(C2=CN3C(=O)c4cc(OC)c(OCCCOc5cc6c(cc5C)C(=O)N5C=C(c7ccc(OC)cc7)CC5C=N6)cc4N=CC3C2)cc1.CNc1ccc(C2=CN3C(=O)c4cc(OC)c(OCCCOc5cc6c(cc5C)C(=O)N5C=C(c7ccc(OC)cc7)C[C@H]5C=N6)cc4N=C[C@@H]3C2)cc1. The summed E-state index contributed by atoms with van der Waals surface area (Å²) in [6.07, 6.45) is 18.9. The van der Waals surface area contributed by atoms with E-state index in [-0.39, 0.29) is 47.8 Å². The third kappa shape index (κ3) is 14.3. The highest BCUT2D eigenvalue weighted by Crippen LogP contribution is 2.45. The van der Waals surface area contributed by atoms with Crippen molar-refractivity contribution in [1.82, 2.24) is 19.6 Å². The fraction of sp³-hybridized carbons (Fsp3) is 0.256. The maximum absolute atomic E-state index is 13.7. The molecule has 0 saturated heterocycles. The molecule has 8 heterocycles. The van der Waals surface area contributed by atoms with E-state index in [2.05, 4.69) is 34.9 Å². The summed E-state index contributed by atoms with van der Waals surface area (Å²) in [6, 6.07) is 45.7. The first-order valence-electron chi connectivity index (χ1n) is 36.1. The van der Waals surface area contributed by atoms with Crippen LogP contribution in [-0.2, 0) is 0 Å². The predicted molar refractivity (Wildman–Crippen MR) is 420 cm³/mol. The number of hydrogen-bond acceptors (Lipinski definition) is 18. The zero-order chi connectivity index (χ0) is 74.7. The minimum Gasteiger partial charge on any atom is -0.497 e. The topological polar surface area (TPSA) is 229 Å². The van der Waals surface area contributed by atoms with E-state index < -0.39 is 0 Å². The molecule has 8 aromatic carbocycles. The van der Waals surface area contributed by atoms with Gasteiger partial charge in [-0.15, -0.1) is 0 Å². The standard InChI is InChI=1S/2C43H41N5O6/c2*1-26-16-35-37(45-22-32-18-30(25-47(32)42(35)49)28-8-12-34(51-3)13-9-28)20-39(26)53-14-5-15-54-41-21-38-36(19-40(41)52-4)43(50)48-24-29(17-33(48)23-46-38)27-6-10-31(44-2)11-7-27/h2*6-13,16,19-25,32-33,44H,5,14-15,17-18H2,1-4H3/t32-,33-;/m0./s1. The molecule has 0 aromatic heterocycles. The zero-order valence-electron chi connectivity index (χ0n) is 61.3. The zero-order valence-corrected chi connectivity index (χ0v) is 61.3. The van der Waals surface area contributed by atoms with Gasteiger partial charge in [-0.25, -0.2) is 0 Å². The number of ether oxygens (including phenoxy) is 8. The summed E-state index contributed by atoms with van der Waals surface area (Å²) in [4.78, 5) is 80.8. The number of hydrogen-bond donors (Lipinski definition) is 2. The van der Waals surface area contributed by atoms with Crippen molar-refractivity contribution in [3.05, 3.63) is 226 Å². The second-order valence-corrected chi connectivity index (χ2v) is 27.2. The molecule has 0 spiro atoms. The van der Waals surface area contributed by atoms with Gasteiger partial charge in [0.25, 0.3) is 23.6 Å². The summed E-state index contributed by atoms with van der Waals surface area (Å²) in [6.45, 7) is 5.32. The molecular formula is C86H82N10O12. The Balaban J connectivity index is 0.000000172. The van der Waals surface area contributed by atoms with Crippen LogP contribution in [0, 0.1) is 13.8 Å². The van der Waals surface area contributed by atoms with Crippen LogP contribution in [0.2, 0.25) is 0 Å². The number of fused-ring (bicyclic) bond motifs is 8. The third-order valence-corrected chi connectivity index (χ3v) is 20.5. The van der Waals surface area contributed by atoms with Gasteiger partial charge in [0.2, 0.25) is 0 Å². The van der Waals surface area contributed by atoms with Gasteiger partial charge in [-0.1, -0.05) is 48.5 Å². The van der Waals surface area contributed by atoms with Crippen LogP contribution in [0.15, 0.2) is 190 Å². The molecular weight excluding hydrogens is 1370 g/mol. The minimum absolute atomic E-state index is 0.0861. The lowest BCUT2D eigenvalue weighted by atomic mass is 10.0. The number of nitrogens with zero attached hydrogens (tertiary/aromatic N) is 8. The summed E-state index contributed by atoms with van der Waals surface area (Å²) in [7, 11) is 10.2. The van der Waals surface area contributed by atoms with Crippen molar-refractivity contribution < 1.29 is 57.1 Å². The molecule has 22 heteroatoms. The van der Waals surface area contributed by atoms with E-state index in [9.17, 15) is 19.2 Å². The van der Waals surface area contributed by atoms with Crippen molar-refractivity contribution in [2.24, 2.45) is 20.0 Å². The molecule has 4 amide bonds. The van der Waals surface area contributed by atoms with E-state index in [0.29, 0.717) is 144 Å². The summed E-state index contributed by atoms with van der Waals surface area (Å²) in [5.74, 6) is 4.39. The van der Waals surface area contributed by atoms with Crippen LogP contribution in [0.5, 0.6) is 46.0 Å². The molecule has 0 radical (unpaired) electrons. The van der Waals surface area contributed by atoms with Crippen LogP contribution in [0.25, 0.3) is 22.3 Å². The second-order valence-electron chi connectivity index (χ2n) is 27.2. The summed E-state index contributed by atoms with van der Waals surface area (Å²) >= 11 is 0. The number of carbonyl (C=O) groups is 4. The molecule has 8 aromatic rings. The average Bonchev–Trinajstić information content (AvgIpc) is 1.64. The Labute approximate surface area is 626 Å². The quantitative estimate of drug-likeness (QED) is 0.0602. The molecule has 4 atom stereocenters. The normalized spacial score (nSPS) is 18.1. The van der Waals surface area contributed by atoms with E-state index in [1.54, 1.807) is 72.3 Å². The fourth-order valence-electron chi connectivity index (χ4n) is 14.5. The van der Waals surface area contributed by atoms with E-state index in [1.165, 1.54) is 0 Å². The van der Waals surface area contributed by atoms with E-state index in [4.69, 9.17) is 57.9 Å². The Morgan fingerprint density at radius 2 is 0.611 bits per heavy atom. The second kappa shape index (κ2) is 30.8. The minimum atomic E-state index is -0.177. The maximum Gasteiger partial charge on any atom is 0.260 e. The van der Waals surface area contributed by atoms with Crippen LogP contribution in [0.4, 0.5) is 34.1 Å². The molecule has 0 saturated carbocycles.